The summed E-state index contributed by atoms with van der Waals surface area (Å²) in [5, 5.41) is 17.8. The zero-order chi connectivity index (χ0) is 17.5. The normalized spacial score (nSPS) is 12.2. The predicted octanol–water partition coefficient (Wildman–Crippen LogP) is 3.05. The molecule has 0 bridgehead atoms. The van der Waals surface area contributed by atoms with E-state index in [2.05, 4.69) is 10.6 Å². The van der Waals surface area contributed by atoms with Gasteiger partial charge in [-0.3, -0.25) is 4.79 Å². The van der Waals surface area contributed by atoms with Gasteiger partial charge in [-0.1, -0.05) is 19.9 Å². The monoisotopic (exact) mass is 348 g/mol. The summed E-state index contributed by atoms with van der Waals surface area (Å²) in [4.78, 5) is 12.7. The van der Waals surface area contributed by atoms with Gasteiger partial charge in [0.1, 0.15) is 18.5 Å². The number of carbonyl (C=O) groups is 1. The standard InChI is InChI=1S/C18H24N2O3S/c1-12(2)19-10-15(21)11-23-16-7-6-14(9-13(16)3)20-18(22)17-5-4-8-24-17/h4-9,12,15,19,21H,10-11H2,1-3H3,(H,20,22). The number of hydrogen-bond acceptors (Lipinski definition) is 5. The van der Waals surface area contributed by atoms with E-state index in [1.165, 1.54) is 11.3 Å². The van der Waals surface area contributed by atoms with Gasteiger partial charge in [-0.2, -0.15) is 0 Å². The van der Waals surface area contributed by atoms with E-state index >= 15 is 0 Å². The molecule has 1 atom stereocenters. The Morgan fingerprint density at radius 1 is 1.33 bits per heavy atom. The van der Waals surface area contributed by atoms with Crippen LogP contribution in [0.25, 0.3) is 0 Å². The van der Waals surface area contributed by atoms with Crippen LogP contribution in [0, 0.1) is 6.92 Å². The van der Waals surface area contributed by atoms with Crippen LogP contribution >= 0.6 is 11.3 Å². The lowest BCUT2D eigenvalue weighted by molar-refractivity contribution is 0.103. The molecule has 2 aromatic rings. The maximum absolute atomic E-state index is 12.0. The lowest BCUT2D eigenvalue weighted by atomic mass is 10.2. The van der Waals surface area contributed by atoms with E-state index in [4.69, 9.17) is 4.74 Å². The average molecular weight is 348 g/mol. The summed E-state index contributed by atoms with van der Waals surface area (Å²) in [6.07, 6.45) is -0.565. The summed E-state index contributed by atoms with van der Waals surface area (Å²) in [5.41, 5.74) is 1.63. The second-order valence-corrected chi connectivity index (χ2v) is 6.89. The summed E-state index contributed by atoms with van der Waals surface area (Å²) >= 11 is 1.41. The Hall–Kier alpha value is -1.89. The molecule has 1 unspecified atom stereocenters. The Labute approximate surface area is 146 Å². The van der Waals surface area contributed by atoms with Crippen LogP contribution in [-0.2, 0) is 0 Å². The molecule has 0 aliphatic heterocycles. The topological polar surface area (TPSA) is 70.6 Å². The number of amides is 1. The molecule has 0 spiro atoms. The molecule has 1 heterocycles. The third-order valence-corrected chi connectivity index (χ3v) is 4.24. The third kappa shape index (κ3) is 5.63. The van der Waals surface area contributed by atoms with E-state index in [1.54, 1.807) is 12.1 Å². The maximum atomic E-state index is 12.0. The minimum absolute atomic E-state index is 0.117. The first-order chi connectivity index (χ1) is 11.5. The summed E-state index contributed by atoms with van der Waals surface area (Å²) < 4.78 is 5.66. The van der Waals surface area contributed by atoms with Crippen molar-refractivity contribution in [2.24, 2.45) is 0 Å². The molecule has 6 heteroatoms. The molecule has 2 rings (SSSR count). The van der Waals surface area contributed by atoms with Gasteiger partial charge < -0.3 is 20.5 Å². The molecule has 0 aliphatic carbocycles. The number of anilines is 1. The molecule has 0 saturated heterocycles. The van der Waals surface area contributed by atoms with Gasteiger partial charge in [0.2, 0.25) is 0 Å². The number of nitrogens with one attached hydrogen (secondary N) is 2. The highest BCUT2D eigenvalue weighted by Crippen LogP contribution is 2.23. The molecule has 1 aromatic heterocycles. The number of carbonyl (C=O) groups excluding carboxylic acids is 1. The van der Waals surface area contributed by atoms with Gasteiger partial charge >= 0.3 is 0 Å². The van der Waals surface area contributed by atoms with E-state index in [9.17, 15) is 9.90 Å². The minimum atomic E-state index is -0.565. The van der Waals surface area contributed by atoms with E-state index in [0.717, 1.165) is 11.3 Å². The van der Waals surface area contributed by atoms with Gasteiger partial charge in [-0.25, -0.2) is 0 Å². The first-order valence-electron chi connectivity index (χ1n) is 7.95. The number of aliphatic hydroxyl groups is 1. The first-order valence-corrected chi connectivity index (χ1v) is 8.83. The van der Waals surface area contributed by atoms with Crippen LogP contribution in [-0.4, -0.2) is 36.3 Å². The van der Waals surface area contributed by atoms with Crippen LogP contribution < -0.4 is 15.4 Å². The number of rotatable bonds is 8. The molecule has 1 amide bonds. The first kappa shape index (κ1) is 18.4. The van der Waals surface area contributed by atoms with Crippen LogP contribution in [0.2, 0.25) is 0 Å². The number of hydrogen-bond donors (Lipinski definition) is 3. The van der Waals surface area contributed by atoms with Gasteiger partial charge in [0.25, 0.3) is 5.91 Å². The molecule has 130 valence electrons. The number of thiophene rings is 1. The number of aliphatic hydroxyl groups excluding tert-OH is 1. The van der Waals surface area contributed by atoms with Gasteiger partial charge in [-0.15, -0.1) is 11.3 Å². The van der Waals surface area contributed by atoms with Crippen molar-refractivity contribution in [3.05, 3.63) is 46.2 Å². The fourth-order valence-electron chi connectivity index (χ4n) is 2.11. The van der Waals surface area contributed by atoms with E-state index in [-0.39, 0.29) is 12.5 Å². The Morgan fingerprint density at radius 3 is 2.75 bits per heavy atom. The SMILES string of the molecule is Cc1cc(NC(=O)c2cccs2)ccc1OCC(O)CNC(C)C. The molecule has 0 aliphatic rings. The highest BCUT2D eigenvalue weighted by Gasteiger charge is 2.10. The lowest BCUT2D eigenvalue weighted by Gasteiger charge is -2.16. The summed E-state index contributed by atoms with van der Waals surface area (Å²) in [5.74, 6) is 0.584. The van der Waals surface area contributed by atoms with Gasteiger partial charge in [-0.05, 0) is 42.1 Å². The number of ether oxygens (including phenoxy) is 1. The van der Waals surface area contributed by atoms with Gasteiger partial charge in [0, 0.05) is 18.3 Å². The smallest absolute Gasteiger partial charge is 0.265 e. The fraction of sp³-hybridized carbons (Fsp3) is 0.389. The van der Waals surface area contributed by atoms with Crippen molar-refractivity contribution in [2.75, 3.05) is 18.5 Å². The average Bonchev–Trinajstić information content (AvgIpc) is 3.06. The van der Waals surface area contributed by atoms with E-state index in [1.807, 2.05) is 44.4 Å². The molecule has 5 nitrogen and oxygen atoms in total. The largest absolute Gasteiger partial charge is 0.491 e. The predicted molar refractivity (Wildman–Crippen MR) is 98.1 cm³/mol. The number of benzene rings is 1. The Kier molecular flexibility index (Phi) is 6.78. The molecule has 0 saturated carbocycles. The summed E-state index contributed by atoms with van der Waals surface area (Å²) in [7, 11) is 0. The van der Waals surface area contributed by atoms with Crippen LogP contribution in [0.3, 0.4) is 0 Å². The molecule has 0 radical (unpaired) electrons. The van der Waals surface area contributed by atoms with Crippen molar-refractivity contribution < 1.29 is 14.6 Å². The highest BCUT2D eigenvalue weighted by molar-refractivity contribution is 7.12. The summed E-state index contributed by atoms with van der Waals surface area (Å²) in [6.45, 7) is 6.68. The lowest BCUT2D eigenvalue weighted by Crippen LogP contribution is -2.35. The molecule has 3 N–H and O–H groups in total. The maximum Gasteiger partial charge on any atom is 0.265 e. The fourth-order valence-corrected chi connectivity index (χ4v) is 2.73. The molecule has 0 fully saturated rings. The van der Waals surface area contributed by atoms with Gasteiger partial charge in [0.15, 0.2) is 0 Å². The van der Waals surface area contributed by atoms with Crippen LogP contribution in [0.1, 0.15) is 29.1 Å². The van der Waals surface area contributed by atoms with Crippen molar-refractivity contribution in [3.8, 4) is 5.75 Å². The summed E-state index contributed by atoms with van der Waals surface area (Å²) in [6, 6.07) is 9.43. The zero-order valence-corrected chi connectivity index (χ0v) is 15.0. The van der Waals surface area contributed by atoms with Crippen molar-refractivity contribution >= 4 is 22.9 Å². The Morgan fingerprint density at radius 2 is 2.12 bits per heavy atom. The van der Waals surface area contributed by atoms with Gasteiger partial charge in [0.05, 0.1) is 4.88 Å². The van der Waals surface area contributed by atoms with Crippen LogP contribution in [0.15, 0.2) is 35.7 Å². The van der Waals surface area contributed by atoms with E-state index in [0.29, 0.717) is 23.2 Å². The highest BCUT2D eigenvalue weighted by atomic mass is 32.1. The van der Waals surface area contributed by atoms with Crippen molar-refractivity contribution in [1.82, 2.24) is 5.32 Å². The molecule has 24 heavy (non-hydrogen) atoms. The van der Waals surface area contributed by atoms with Crippen molar-refractivity contribution in [2.45, 2.75) is 32.9 Å². The quantitative estimate of drug-likeness (QED) is 0.686. The second kappa shape index (κ2) is 8.82. The van der Waals surface area contributed by atoms with Crippen LogP contribution in [0.4, 0.5) is 5.69 Å². The van der Waals surface area contributed by atoms with Crippen molar-refractivity contribution in [1.29, 1.82) is 0 Å². The zero-order valence-electron chi connectivity index (χ0n) is 14.2. The molecule has 1 aromatic carbocycles. The van der Waals surface area contributed by atoms with Crippen LogP contribution in [0.5, 0.6) is 5.75 Å². The second-order valence-electron chi connectivity index (χ2n) is 5.94. The minimum Gasteiger partial charge on any atom is -0.491 e. The molecular weight excluding hydrogens is 324 g/mol. The van der Waals surface area contributed by atoms with E-state index < -0.39 is 6.10 Å². The number of aryl methyl sites for hydroxylation is 1. The molecular formula is C18H24N2O3S. The van der Waals surface area contributed by atoms with Crippen molar-refractivity contribution in [3.63, 3.8) is 0 Å². The Bertz CT molecular complexity index is 656. The Balaban J connectivity index is 1.88. The third-order valence-electron chi connectivity index (χ3n) is 3.37.